The molecule has 4 nitrogen and oxygen atoms in total. The largest absolute Gasteiger partial charge is 0.317 e. The van der Waals surface area contributed by atoms with Crippen LogP contribution >= 0.6 is 11.6 Å². The van der Waals surface area contributed by atoms with Crippen LogP contribution in [-0.4, -0.2) is 48.4 Å². The normalized spacial score (nSPS) is 22.8. The minimum absolute atomic E-state index is 0.580. The lowest BCUT2D eigenvalue weighted by Crippen LogP contribution is -2.35. The zero-order chi connectivity index (χ0) is 13.8. The lowest BCUT2D eigenvalue weighted by molar-refractivity contribution is 0.232. The van der Waals surface area contributed by atoms with E-state index in [4.69, 9.17) is 11.6 Å². The number of nitrogens with one attached hydrogen (secondary N) is 1. The number of aromatic nitrogens is 2. The Kier molecular flexibility index (Phi) is 5.25. The first-order valence-electron chi connectivity index (χ1n) is 7.20. The highest BCUT2D eigenvalue weighted by Crippen LogP contribution is 2.44. The molecule has 1 heterocycles. The van der Waals surface area contributed by atoms with Crippen molar-refractivity contribution in [3.8, 4) is 0 Å². The van der Waals surface area contributed by atoms with E-state index in [0.717, 1.165) is 31.2 Å². The van der Waals surface area contributed by atoms with Crippen LogP contribution in [0, 0.1) is 5.92 Å². The zero-order valence-electron chi connectivity index (χ0n) is 12.2. The molecule has 0 aliphatic heterocycles. The number of nitrogens with zero attached hydrogens (tertiary/aromatic N) is 3. The molecule has 2 atom stereocenters. The summed E-state index contributed by atoms with van der Waals surface area (Å²) in [6, 6.07) is 0. The molecule has 0 bridgehead atoms. The number of rotatable bonds is 7. The van der Waals surface area contributed by atoms with Crippen molar-refractivity contribution in [2.24, 2.45) is 5.92 Å². The zero-order valence-corrected chi connectivity index (χ0v) is 13.0. The van der Waals surface area contributed by atoms with Gasteiger partial charge in [-0.3, -0.25) is 4.68 Å². The molecule has 0 radical (unpaired) electrons. The van der Waals surface area contributed by atoms with Gasteiger partial charge in [0.05, 0.1) is 23.5 Å². The van der Waals surface area contributed by atoms with Crippen molar-refractivity contribution in [1.82, 2.24) is 20.0 Å². The van der Waals surface area contributed by atoms with Gasteiger partial charge in [0.25, 0.3) is 0 Å². The molecule has 0 saturated heterocycles. The predicted octanol–water partition coefficient (Wildman–Crippen LogP) is 2.20. The van der Waals surface area contributed by atoms with Crippen LogP contribution in [-0.2, 0) is 6.54 Å². The third kappa shape index (κ3) is 3.50. The first-order valence-corrected chi connectivity index (χ1v) is 7.58. The molecule has 1 aliphatic carbocycles. The van der Waals surface area contributed by atoms with E-state index in [9.17, 15) is 0 Å². The number of likely N-dealkylation sites (N-methyl/N-ethyl adjacent to an activating group) is 1. The number of hydrogen-bond acceptors (Lipinski definition) is 3. The van der Waals surface area contributed by atoms with Crippen LogP contribution in [0.15, 0.2) is 6.20 Å². The summed E-state index contributed by atoms with van der Waals surface area (Å²) in [6.45, 7) is 6.20. The van der Waals surface area contributed by atoms with E-state index in [1.807, 2.05) is 0 Å². The minimum Gasteiger partial charge on any atom is -0.317 e. The maximum atomic E-state index is 6.35. The van der Waals surface area contributed by atoms with Crippen LogP contribution in [0.3, 0.4) is 0 Å². The van der Waals surface area contributed by atoms with Crippen molar-refractivity contribution in [3.05, 3.63) is 16.9 Å². The second kappa shape index (κ2) is 6.73. The van der Waals surface area contributed by atoms with Gasteiger partial charge in [0.2, 0.25) is 0 Å². The highest BCUT2D eigenvalue weighted by Gasteiger charge is 2.35. The van der Waals surface area contributed by atoms with E-state index in [1.54, 1.807) is 6.20 Å². The summed E-state index contributed by atoms with van der Waals surface area (Å²) < 4.78 is 2.10. The van der Waals surface area contributed by atoms with Gasteiger partial charge in [0.15, 0.2) is 0 Å². The Morgan fingerprint density at radius 2 is 2.26 bits per heavy atom. The summed E-state index contributed by atoms with van der Waals surface area (Å²) in [5.41, 5.74) is 1.25. The van der Waals surface area contributed by atoms with Crippen molar-refractivity contribution in [2.45, 2.75) is 32.2 Å². The maximum absolute atomic E-state index is 6.35. The third-order valence-corrected chi connectivity index (χ3v) is 4.31. The molecule has 1 aliphatic rings. The first-order chi connectivity index (χ1) is 9.13. The molecular weight excluding hydrogens is 260 g/mol. The van der Waals surface area contributed by atoms with Gasteiger partial charge in [-0.25, -0.2) is 0 Å². The molecule has 0 amide bonds. The number of hydrogen-bond donors (Lipinski definition) is 1. The Morgan fingerprint density at radius 3 is 2.84 bits per heavy atom. The molecule has 1 aromatic rings. The average Bonchev–Trinajstić information content (AvgIpc) is 2.68. The molecule has 1 N–H and O–H groups in total. The van der Waals surface area contributed by atoms with Gasteiger partial charge in [-0.1, -0.05) is 18.5 Å². The molecular formula is C14H25ClN4. The van der Waals surface area contributed by atoms with E-state index in [2.05, 4.69) is 41.0 Å². The standard InChI is InChI=1S/C14H25ClN4/c1-4-16-9-11-5-6-12(11)14-13(15)10-17-19(14)8-7-18(2)3/h10-12,16H,4-9H2,1-3H3. The van der Waals surface area contributed by atoms with E-state index in [-0.39, 0.29) is 0 Å². The van der Waals surface area contributed by atoms with Gasteiger partial charge in [0, 0.05) is 12.5 Å². The minimum atomic E-state index is 0.580. The predicted molar refractivity (Wildman–Crippen MR) is 79.8 cm³/mol. The summed E-state index contributed by atoms with van der Waals surface area (Å²) in [5.74, 6) is 1.29. The highest BCUT2D eigenvalue weighted by atomic mass is 35.5. The highest BCUT2D eigenvalue weighted by molar-refractivity contribution is 6.31. The molecule has 0 aromatic carbocycles. The van der Waals surface area contributed by atoms with Gasteiger partial charge in [-0.2, -0.15) is 5.10 Å². The summed E-state index contributed by atoms with van der Waals surface area (Å²) >= 11 is 6.35. The van der Waals surface area contributed by atoms with Gasteiger partial charge >= 0.3 is 0 Å². The first kappa shape index (κ1) is 14.8. The Bertz CT molecular complexity index is 402. The molecule has 2 rings (SSSR count). The summed E-state index contributed by atoms with van der Waals surface area (Å²) in [7, 11) is 4.17. The van der Waals surface area contributed by atoms with E-state index >= 15 is 0 Å². The molecule has 19 heavy (non-hydrogen) atoms. The molecule has 1 aromatic heterocycles. The molecule has 2 unspecified atom stereocenters. The smallest absolute Gasteiger partial charge is 0.0820 e. The summed E-state index contributed by atoms with van der Waals surface area (Å²) in [6.07, 6.45) is 4.34. The second-order valence-corrected chi connectivity index (χ2v) is 6.06. The fourth-order valence-corrected chi connectivity index (χ4v) is 3.00. The lowest BCUT2D eigenvalue weighted by Gasteiger charge is -2.37. The van der Waals surface area contributed by atoms with Gasteiger partial charge < -0.3 is 10.2 Å². The molecule has 1 saturated carbocycles. The lowest BCUT2D eigenvalue weighted by atomic mass is 9.71. The SMILES string of the molecule is CCNCC1CCC1c1c(Cl)cnn1CCN(C)C. The third-order valence-electron chi connectivity index (χ3n) is 4.02. The van der Waals surface area contributed by atoms with Crippen LogP contribution < -0.4 is 5.32 Å². The van der Waals surface area contributed by atoms with Crippen LogP contribution in [0.2, 0.25) is 5.02 Å². The Morgan fingerprint density at radius 1 is 1.47 bits per heavy atom. The van der Waals surface area contributed by atoms with Crippen molar-refractivity contribution in [2.75, 3.05) is 33.7 Å². The summed E-state index contributed by atoms with van der Waals surface area (Å²) in [5, 5.41) is 8.73. The van der Waals surface area contributed by atoms with E-state index in [1.165, 1.54) is 18.5 Å². The van der Waals surface area contributed by atoms with E-state index < -0.39 is 0 Å². The Labute approximate surface area is 121 Å². The monoisotopic (exact) mass is 284 g/mol. The molecule has 108 valence electrons. The second-order valence-electron chi connectivity index (χ2n) is 5.66. The van der Waals surface area contributed by atoms with Gasteiger partial charge in [-0.15, -0.1) is 0 Å². The van der Waals surface area contributed by atoms with Gasteiger partial charge in [0.1, 0.15) is 0 Å². The molecule has 0 spiro atoms. The van der Waals surface area contributed by atoms with Crippen LogP contribution in [0.5, 0.6) is 0 Å². The Hall–Kier alpha value is -0.580. The van der Waals surface area contributed by atoms with Crippen LogP contribution in [0.25, 0.3) is 0 Å². The summed E-state index contributed by atoms with van der Waals surface area (Å²) in [4.78, 5) is 2.18. The van der Waals surface area contributed by atoms with Crippen LogP contribution in [0.1, 0.15) is 31.4 Å². The number of halogens is 1. The Balaban J connectivity index is 2.04. The van der Waals surface area contributed by atoms with Crippen molar-refractivity contribution in [1.29, 1.82) is 0 Å². The van der Waals surface area contributed by atoms with Crippen LogP contribution in [0.4, 0.5) is 0 Å². The van der Waals surface area contributed by atoms with Gasteiger partial charge in [-0.05, 0) is 45.9 Å². The fourth-order valence-electron chi connectivity index (χ4n) is 2.72. The molecule has 1 fully saturated rings. The van der Waals surface area contributed by atoms with Crippen molar-refractivity contribution < 1.29 is 0 Å². The van der Waals surface area contributed by atoms with Crippen molar-refractivity contribution in [3.63, 3.8) is 0 Å². The maximum Gasteiger partial charge on any atom is 0.0820 e. The topological polar surface area (TPSA) is 33.1 Å². The average molecular weight is 285 g/mol. The molecule has 5 heteroatoms. The quantitative estimate of drug-likeness (QED) is 0.833. The van der Waals surface area contributed by atoms with E-state index in [0.29, 0.717) is 11.8 Å². The van der Waals surface area contributed by atoms with Crippen molar-refractivity contribution >= 4 is 11.6 Å². The fraction of sp³-hybridized carbons (Fsp3) is 0.786.